The van der Waals surface area contributed by atoms with E-state index in [4.69, 9.17) is 56.8 Å². The second-order valence-corrected chi connectivity index (χ2v) is 39.9. The molecule has 2 aromatic rings. The third-order valence-electron chi connectivity index (χ3n) is 27.1. The Balaban J connectivity index is 0.000000351. The molecule has 12 N–H and O–H groups in total. The smallest absolute Gasteiger partial charge is 0.311 e. The standard InChI is InChI=1S/C49H84N6O14S.C37H70N2O12/c1-15-38-49(10,61)42(57)32(6)54(12)26-28(2)23-47(8,60)44(30(4)41(31(5)45(59)67-38)68-39-24-48(9,64-13)43(58)33(7)66-39)69-46-40(56)37(22-29(3)65-46)53(11)20-21-55-27-35(51-52-55)25-50-34-16-18-36(19-17-34)70(14,62)63;1-14-26-37(10,45)30(41)23(6)39(12)18-19(2)16-35(8,44)32(51-34-28(40)25(38-11)15-20(3)47-34)21(4)29(22(5)33(43)49-26)50-27-17-36(9,46-13)31(42)24(7)48-27/h16-19,27-33,37-44,46,50,56-58,60-61H,15,20-26H2,1-14H3;19-32,34,38,40-42,44-45H,14-18H2,1-13H3/t28-,29-,30+,31-,32-,33+,37+,38-,39+,40-,41+,42-,43+,44-,46+,47-,48-,49-;19-,20-,21+,22-,23-,24+,25+,26-,27+,28-,29+,30-,31+,32-,34+,35-,36-,37-/m11/s1. The first kappa shape index (κ1) is 104. The van der Waals surface area contributed by atoms with Gasteiger partial charge in [-0.25, -0.2) is 8.42 Å². The number of likely N-dealkylation sites (N-methyl/N-ethyl adjacent to an activating group) is 4. The maximum absolute atomic E-state index is 14.5. The number of aromatic nitrogens is 3. The maximum Gasteiger partial charge on any atom is 0.311 e. The summed E-state index contributed by atoms with van der Waals surface area (Å²) in [6.45, 7) is 37.1. The van der Waals surface area contributed by atoms with Crippen molar-refractivity contribution in [1.82, 2.24) is 35.0 Å². The molecule has 0 unspecified atom stereocenters. The molecular weight excluding hydrogens is 1590 g/mol. The largest absolute Gasteiger partial charge is 0.459 e. The molecule has 0 aliphatic carbocycles. The van der Waals surface area contributed by atoms with Gasteiger partial charge in [-0.1, -0.05) is 46.8 Å². The number of nitrogens with zero attached hydrogens (tertiary/aromatic N) is 6. The number of sulfone groups is 1. The first-order valence-electron chi connectivity index (χ1n) is 43.5. The van der Waals surface area contributed by atoms with Crippen molar-refractivity contribution >= 4 is 27.5 Å². The highest BCUT2D eigenvalue weighted by atomic mass is 32.2. The Morgan fingerprint density at radius 2 is 1.00 bits per heavy atom. The van der Waals surface area contributed by atoms with Crippen LogP contribution in [0.3, 0.4) is 0 Å². The van der Waals surface area contributed by atoms with Crippen molar-refractivity contribution in [2.45, 2.75) is 388 Å². The summed E-state index contributed by atoms with van der Waals surface area (Å²) in [5.74, 6) is -5.42. The van der Waals surface area contributed by atoms with E-state index in [-0.39, 0.29) is 73.5 Å². The van der Waals surface area contributed by atoms with Crippen LogP contribution in [0.5, 0.6) is 0 Å². The molecule has 35 heteroatoms. The fraction of sp³-hybridized carbons (Fsp3) is 0.884. The second-order valence-electron chi connectivity index (χ2n) is 37.8. The summed E-state index contributed by atoms with van der Waals surface area (Å²) in [7, 11) is 7.02. The number of aliphatic hydroxyl groups is 10. The molecule has 8 rings (SSSR count). The lowest BCUT2D eigenvalue weighted by Gasteiger charge is -2.49. The molecule has 6 saturated heterocycles. The van der Waals surface area contributed by atoms with Crippen LogP contribution in [0.4, 0.5) is 5.69 Å². The van der Waals surface area contributed by atoms with Crippen molar-refractivity contribution in [3.8, 4) is 0 Å². The Labute approximate surface area is 718 Å². The van der Waals surface area contributed by atoms with E-state index in [1.165, 1.54) is 28.1 Å². The number of carbonyl (C=O) groups is 2. The molecule has 6 aliphatic heterocycles. The van der Waals surface area contributed by atoms with Crippen molar-refractivity contribution in [2.24, 2.45) is 35.5 Å². The summed E-state index contributed by atoms with van der Waals surface area (Å²) in [5, 5.41) is 132. The van der Waals surface area contributed by atoms with Crippen LogP contribution in [0.2, 0.25) is 0 Å². The van der Waals surface area contributed by atoms with Crippen LogP contribution in [0.25, 0.3) is 0 Å². The summed E-state index contributed by atoms with van der Waals surface area (Å²) in [6.07, 6.45) is -14.5. The number of nitrogens with one attached hydrogen (secondary N) is 2. The van der Waals surface area contributed by atoms with Gasteiger partial charge in [-0.15, -0.1) is 5.10 Å². The highest BCUT2D eigenvalue weighted by molar-refractivity contribution is 7.90. The third-order valence-corrected chi connectivity index (χ3v) is 28.2. The van der Waals surface area contributed by atoms with Crippen LogP contribution in [0.1, 0.15) is 196 Å². The molecule has 0 saturated carbocycles. The van der Waals surface area contributed by atoms with E-state index in [1.54, 1.807) is 126 Å². The van der Waals surface area contributed by atoms with E-state index in [9.17, 15) is 69.1 Å². The van der Waals surface area contributed by atoms with Gasteiger partial charge in [0, 0.05) is 94.6 Å². The topological polar surface area (TPSA) is 446 Å². The lowest BCUT2D eigenvalue weighted by atomic mass is 9.77. The number of anilines is 1. The van der Waals surface area contributed by atoms with E-state index in [1.807, 2.05) is 76.7 Å². The number of rotatable bonds is 21. The van der Waals surface area contributed by atoms with Gasteiger partial charge in [0.05, 0.1) is 107 Å². The lowest BCUT2D eigenvalue weighted by molar-refractivity contribution is -0.318. The molecule has 7 heterocycles. The van der Waals surface area contributed by atoms with Crippen molar-refractivity contribution < 1.29 is 126 Å². The van der Waals surface area contributed by atoms with E-state index in [0.29, 0.717) is 51.3 Å². The Hall–Kier alpha value is -3.91. The molecule has 6 aliphatic rings. The number of benzene rings is 1. The van der Waals surface area contributed by atoms with Gasteiger partial charge in [-0.3, -0.25) is 19.2 Å². The van der Waals surface area contributed by atoms with Crippen molar-refractivity contribution in [1.29, 1.82) is 0 Å². The molecule has 1 aromatic heterocycles. The van der Waals surface area contributed by atoms with Crippen molar-refractivity contribution in [3.05, 3.63) is 36.2 Å². The van der Waals surface area contributed by atoms with Gasteiger partial charge >= 0.3 is 11.9 Å². The summed E-state index contributed by atoms with van der Waals surface area (Å²) in [4.78, 5) is 34.7. The first-order chi connectivity index (χ1) is 56.1. The number of hydrogen-bond acceptors (Lipinski definition) is 33. The van der Waals surface area contributed by atoms with E-state index in [0.717, 1.165) is 11.9 Å². The molecule has 121 heavy (non-hydrogen) atoms. The molecule has 0 bridgehead atoms. The zero-order chi connectivity index (χ0) is 91.1. The Morgan fingerprint density at radius 1 is 0.587 bits per heavy atom. The van der Waals surface area contributed by atoms with Crippen molar-refractivity contribution in [2.75, 3.05) is 73.6 Å². The summed E-state index contributed by atoms with van der Waals surface area (Å²) in [5.41, 5.74) is -7.53. The summed E-state index contributed by atoms with van der Waals surface area (Å²) in [6, 6.07) is 4.59. The normalized spacial score (nSPS) is 44.3. The van der Waals surface area contributed by atoms with Crippen LogP contribution >= 0.6 is 0 Å². The monoisotopic (exact) mass is 1750 g/mol. The van der Waals surface area contributed by atoms with Crippen LogP contribution in [-0.2, 0) is 89.4 Å². The minimum Gasteiger partial charge on any atom is -0.459 e. The maximum atomic E-state index is 14.5. The summed E-state index contributed by atoms with van der Waals surface area (Å²) < 4.78 is 101. The molecule has 0 radical (unpaired) electrons. The van der Waals surface area contributed by atoms with Gasteiger partial charge in [0.25, 0.3) is 0 Å². The number of ether oxygens (including phenoxy) is 12. The third kappa shape index (κ3) is 25.6. The van der Waals surface area contributed by atoms with Gasteiger partial charge in [-0.2, -0.15) is 0 Å². The number of esters is 2. The fourth-order valence-electron chi connectivity index (χ4n) is 19.2. The zero-order valence-corrected chi connectivity index (χ0v) is 77.8. The molecule has 36 atom stereocenters. The van der Waals surface area contributed by atoms with Gasteiger partial charge in [0.2, 0.25) is 0 Å². The zero-order valence-electron chi connectivity index (χ0n) is 77.0. The quantitative estimate of drug-likeness (QED) is 0.0781. The Morgan fingerprint density at radius 3 is 1.40 bits per heavy atom. The molecule has 1 aromatic carbocycles. The molecule has 6 fully saturated rings. The molecule has 0 amide bonds. The molecule has 34 nitrogen and oxygen atoms in total. The van der Waals surface area contributed by atoms with E-state index < -0.39 is 208 Å². The predicted molar refractivity (Wildman–Crippen MR) is 450 cm³/mol. The number of methoxy groups -OCH3 is 2. The Bertz CT molecular complexity index is 3650. The van der Waals surface area contributed by atoms with E-state index >= 15 is 0 Å². The highest BCUT2D eigenvalue weighted by Crippen LogP contribution is 2.44. The van der Waals surface area contributed by atoms with Crippen molar-refractivity contribution in [3.63, 3.8) is 0 Å². The van der Waals surface area contributed by atoms with Gasteiger partial charge in [0.1, 0.15) is 65.7 Å². The summed E-state index contributed by atoms with van der Waals surface area (Å²) >= 11 is 0. The minimum atomic E-state index is -3.31. The second kappa shape index (κ2) is 43.0. The van der Waals surface area contributed by atoms with Crippen LogP contribution in [0, 0.1) is 35.5 Å². The van der Waals surface area contributed by atoms with E-state index in [2.05, 4.69) is 20.9 Å². The van der Waals surface area contributed by atoms with Gasteiger partial charge in [-0.05, 0) is 200 Å². The van der Waals surface area contributed by atoms with Crippen LogP contribution < -0.4 is 10.6 Å². The molecular formula is C86H154N8O26S. The van der Waals surface area contributed by atoms with Crippen LogP contribution in [-0.4, -0.2) is 350 Å². The SMILES string of the molecule is CC[C@H]1OC(=O)[C@H](C)[C@@H](O[C@H]2C[C@@](C)(OC)[C@@H](O)[C@H](C)O2)[C@H](C)[C@@H](O[C@@H]2O[C@H](C)C[C@H](N(C)CCn3cc(CNc4ccc(S(C)(=O)=O)cc4)nn3)[C@H]2O)[C@](C)(O)C[C@@H](C)CN(C)[C@H](C)[C@@H](O)[C@]1(C)O.CC[C@H]1OC(=O)[C@H](C)[C@@H](O[C@H]2C[C@@](C)(OC)[C@@H](O)[C@H](C)O2)[C@H](C)[C@@H](O[C@@H]2O[C@H](C)C[C@H](NC)[C@H]2O)[C@](C)(O)C[C@@H](C)CN(C)[C@H](C)[C@@H](O)[C@]1(C)O. The molecule has 0 spiro atoms. The highest BCUT2D eigenvalue weighted by Gasteiger charge is 2.57. The van der Waals surface area contributed by atoms with Gasteiger partial charge < -0.3 is 128 Å². The number of carbonyl (C=O) groups excluding carboxylic acids is 2. The van der Waals surface area contributed by atoms with Gasteiger partial charge in [0.15, 0.2) is 35.0 Å². The number of aliphatic hydroxyl groups excluding tert-OH is 6. The first-order valence-corrected chi connectivity index (χ1v) is 45.4. The fourth-order valence-corrected chi connectivity index (χ4v) is 19.8. The predicted octanol–water partition coefficient (Wildman–Crippen LogP) is 4.14. The van der Waals surface area contributed by atoms with Crippen LogP contribution in [0.15, 0.2) is 35.4 Å². The number of cyclic esters (lactones) is 2. The minimum absolute atomic E-state index is 0.0911. The average Bonchev–Trinajstić information content (AvgIpc) is 1.65. The average molecular weight is 1750 g/mol. The number of hydrogen-bond donors (Lipinski definition) is 12. The Kier molecular flexibility index (Phi) is 37.0. The molecule has 700 valence electrons. The lowest BCUT2D eigenvalue weighted by Crippen LogP contribution is -2.61.